The van der Waals surface area contributed by atoms with Gasteiger partial charge < -0.3 is 5.32 Å². The van der Waals surface area contributed by atoms with Crippen molar-refractivity contribution in [1.82, 2.24) is 0 Å². The minimum Gasteiger partial charge on any atom is -0.322 e. The zero-order chi connectivity index (χ0) is 15.4. The lowest BCUT2D eigenvalue weighted by molar-refractivity contribution is -0.111. The molecule has 0 fully saturated rings. The number of carbonyl (C=O) groups is 1. The molecule has 0 unspecified atom stereocenters. The highest BCUT2D eigenvalue weighted by Gasteiger charge is 2.04. The van der Waals surface area contributed by atoms with Crippen molar-refractivity contribution >= 4 is 33.6 Å². The fourth-order valence-electron chi connectivity index (χ4n) is 1.71. The lowest BCUT2D eigenvalue weighted by Gasteiger charge is -2.06. The third-order valence-electron chi connectivity index (χ3n) is 2.83. The fourth-order valence-corrected chi connectivity index (χ4v) is 2.09. The number of rotatable bonds is 3. The molecule has 2 rings (SSSR count). The van der Waals surface area contributed by atoms with E-state index in [9.17, 15) is 13.6 Å². The van der Waals surface area contributed by atoms with E-state index < -0.39 is 17.5 Å². The Hall–Kier alpha value is -2.01. The summed E-state index contributed by atoms with van der Waals surface area (Å²) in [6.45, 7) is 1.76. The number of halogens is 3. The molecular weight excluding hydrogens is 340 g/mol. The molecule has 0 saturated heterocycles. The van der Waals surface area contributed by atoms with Gasteiger partial charge in [-0.25, -0.2) is 8.78 Å². The van der Waals surface area contributed by atoms with Gasteiger partial charge >= 0.3 is 0 Å². The third kappa shape index (κ3) is 4.23. The largest absolute Gasteiger partial charge is 0.322 e. The van der Waals surface area contributed by atoms with Gasteiger partial charge in [0.2, 0.25) is 5.91 Å². The summed E-state index contributed by atoms with van der Waals surface area (Å²) in [5, 5.41) is 2.56. The van der Waals surface area contributed by atoms with Gasteiger partial charge in [-0.2, -0.15) is 0 Å². The van der Waals surface area contributed by atoms with Crippen molar-refractivity contribution in [3.63, 3.8) is 0 Å². The van der Waals surface area contributed by atoms with Gasteiger partial charge in [0.15, 0.2) is 0 Å². The van der Waals surface area contributed by atoms with Gasteiger partial charge in [0.05, 0.1) is 0 Å². The maximum Gasteiger partial charge on any atom is 0.248 e. The Morgan fingerprint density at radius 1 is 1.19 bits per heavy atom. The van der Waals surface area contributed by atoms with Crippen LogP contribution in [0.2, 0.25) is 0 Å². The molecule has 0 aliphatic carbocycles. The summed E-state index contributed by atoms with van der Waals surface area (Å²) in [5.74, 6) is -1.31. The average molecular weight is 352 g/mol. The fraction of sp³-hybridized carbons (Fsp3) is 0.0625. The Morgan fingerprint density at radius 2 is 1.95 bits per heavy atom. The van der Waals surface area contributed by atoms with Crippen LogP contribution in [0.3, 0.4) is 0 Å². The highest BCUT2D eigenvalue weighted by Crippen LogP contribution is 2.18. The molecule has 0 spiro atoms. The zero-order valence-corrected chi connectivity index (χ0v) is 12.7. The van der Waals surface area contributed by atoms with Crippen LogP contribution in [-0.2, 0) is 4.79 Å². The Morgan fingerprint density at radius 3 is 2.71 bits per heavy atom. The van der Waals surface area contributed by atoms with Crippen LogP contribution in [0.25, 0.3) is 6.08 Å². The first kappa shape index (κ1) is 15.4. The second-order valence-corrected chi connectivity index (χ2v) is 5.36. The molecule has 1 N–H and O–H groups in total. The van der Waals surface area contributed by atoms with E-state index in [0.717, 1.165) is 5.56 Å². The van der Waals surface area contributed by atoms with Crippen molar-refractivity contribution in [3.05, 3.63) is 69.7 Å². The molecule has 0 aliphatic rings. The number of nitrogens with one attached hydrogen (secondary N) is 1. The van der Waals surface area contributed by atoms with E-state index in [1.54, 1.807) is 25.1 Å². The summed E-state index contributed by atoms with van der Waals surface area (Å²) in [4.78, 5) is 11.8. The Balaban J connectivity index is 2.13. The van der Waals surface area contributed by atoms with Crippen LogP contribution in [0, 0.1) is 18.6 Å². The molecule has 2 aromatic rings. The van der Waals surface area contributed by atoms with Crippen molar-refractivity contribution in [1.29, 1.82) is 0 Å². The van der Waals surface area contributed by atoms with Gasteiger partial charge in [-0.15, -0.1) is 0 Å². The summed E-state index contributed by atoms with van der Waals surface area (Å²) in [7, 11) is 0. The molecule has 1 amide bonds. The summed E-state index contributed by atoms with van der Waals surface area (Å²) in [6.07, 6.45) is 2.57. The van der Waals surface area contributed by atoms with Crippen LogP contribution >= 0.6 is 15.9 Å². The molecule has 0 radical (unpaired) electrons. The Labute approximate surface area is 129 Å². The van der Waals surface area contributed by atoms with Gasteiger partial charge in [0, 0.05) is 21.8 Å². The van der Waals surface area contributed by atoms with Crippen molar-refractivity contribution in [3.8, 4) is 0 Å². The minimum atomic E-state index is -0.455. The highest BCUT2D eigenvalue weighted by molar-refractivity contribution is 9.10. The number of anilines is 1. The maximum absolute atomic E-state index is 13.5. The van der Waals surface area contributed by atoms with E-state index >= 15 is 0 Å². The van der Waals surface area contributed by atoms with E-state index in [2.05, 4.69) is 21.2 Å². The molecule has 0 bridgehead atoms. The molecule has 2 nitrogen and oxygen atoms in total. The molecule has 5 heteroatoms. The summed E-state index contributed by atoms with van der Waals surface area (Å²) in [5.41, 5.74) is 1.42. The van der Waals surface area contributed by atoms with Gasteiger partial charge in [-0.3, -0.25) is 4.79 Å². The monoisotopic (exact) mass is 351 g/mol. The lowest BCUT2D eigenvalue weighted by atomic mass is 10.2. The van der Waals surface area contributed by atoms with E-state index in [0.29, 0.717) is 10.2 Å². The topological polar surface area (TPSA) is 29.1 Å². The third-order valence-corrected chi connectivity index (χ3v) is 3.32. The number of aryl methyl sites for hydroxylation is 1. The summed E-state index contributed by atoms with van der Waals surface area (Å²) in [6, 6.07) is 8.56. The first-order valence-corrected chi connectivity index (χ1v) is 6.95. The number of benzene rings is 2. The predicted molar refractivity (Wildman–Crippen MR) is 82.9 cm³/mol. The normalized spacial score (nSPS) is 10.9. The van der Waals surface area contributed by atoms with Crippen LogP contribution in [0.4, 0.5) is 14.5 Å². The molecule has 0 aromatic heterocycles. The van der Waals surface area contributed by atoms with E-state index in [4.69, 9.17) is 0 Å². The number of amides is 1. The van der Waals surface area contributed by atoms with E-state index in [-0.39, 0.29) is 5.56 Å². The van der Waals surface area contributed by atoms with Crippen LogP contribution in [0.5, 0.6) is 0 Å². The summed E-state index contributed by atoms with van der Waals surface area (Å²) < 4.78 is 27.3. The molecular formula is C16H12BrF2NO. The molecule has 0 aliphatic heterocycles. The smallest absolute Gasteiger partial charge is 0.248 e. The second-order valence-electron chi connectivity index (χ2n) is 4.45. The van der Waals surface area contributed by atoms with Crippen molar-refractivity contribution < 1.29 is 13.6 Å². The van der Waals surface area contributed by atoms with Crippen molar-refractivity contribution in [2.45, 2.75) is 6.92 Å². The second kappa shape index (κ2) is 6.63. The molecule has 108 valence electrons. The molecule has 0 saturated carbocycles. The lowest BCUT2D eigenvalue weighted by Crippen LogP contribution is -2.09. The maximum atomic E-state index is 13.5. The molecule has 2 aromatic carbocycles. The molecule has 21 heavy (non-hydrogen) atoms. The van der Waals surface area contributed by atoms with E-state index in [1.807, 2.05) is 0 Å². The average Bonchev–Trinajstić information content (AvgIpc) is 2.44. The number of hydrogen-bond acceptors (Lipinski definition) is 1. The standard InChI is InChI=1S/C16H12BrF2NO/c1-10-2-5-13(18)9-15(10)20-16(21)7-3-11-8-12(17)4-6-14(11)19/h2-9H,1H3,(H,20,21)/b7-3+. The van der Waals surface area contributed by atoms with Crippen LogP contribution < -0.4 is 5.32 Å². The Bertz CT molecular complexity index is 713. The predicted octanol–water partition coefficient (Wildman–Crippen LogP) is 4.69. The van der Waals surface area contributed by atoms with Crippen LogP contribution in [-0.4, -0.2) is 5.91 Å². The zero-order valence-electron chi connectivity index (χ0n) is 11.2. The van der Waals surface area contributed by atoms with Gasteiger partial charge in [0.1, 0.15) is 11.6 Å². The first-order chi connectivity index (χ1) is 9.95. The SMILES string of the molecule is Cc1ccc(F)cc1NC(=O)/C=C/c1cc(Br)ccc1F. The van der Waals surface area contributed by atoms with Crippen molar-refractivity contribution in [2.24, 2.45) is 0 Å². The highest BCUT2D eigenvalue weighted by atomic mass is 79.9. The molecule has 0 atom stereocenters. The van der Waals surface area contributed by atoms with Crippen LogP contribution in [0.15, 0.2) is 46.9 Å². The van der Waals surface area contributed by atoms with Gasteiger partial charge in [-0.05, 0) is 48.9 Å². The van der Waals surface area contributed by atoms with Crippen molar-refractivity contribution in [2.75, 3.05) is 5.32 Å². The van der Waals surface area contributed by atoms with Crippen LogP contribution in [0.1, 0.15) is 11.1 Å². The van der Waals surface area contributed by atoms with Gasteiger partial charge in [0.25, 0.3) is 0 Å². The minimum absolute atomic E-state index is 0.287. The molecule has 0 heterocycles. The number of carbonyl (C=O) groups excluding carboxylic acids is 1. The summed E-state index contributed by atoms with van der Waals surface area (Å²) >= 11 is 3.23. The first-order valence-electron chi connectivity index (χ1n) is 6.16. The number of hydrogen-bond donors (Lipinski definition) is 1. The Kier molecular flexibility index (Phi) is 4.85. The quantitative estimate of drug-likeness (QED) is 0.798. The van der Waals surface area contributed by atoms with Gasteiger partial charge in [-0.1, -0.05) is 22.0 Å². The van der Waals surface area contributed by atoms with E-state index in [1.165, 1.54) is 30.4 Å².